The minimum absolute atomic E-state index is 0.223. The lowest BCUT2D eigenvalue weighted by molar-refractivity contribution is 0.101. The summed E-state index contributed by atoms with van der Waals surface area (Å²) in [6.07, 6.45) is 2.10. The first-order valence-electron chi connectivity index (χ1n) is 11.1. The molecular weight excluding hydrogens is 449 g/mol. The number of benzene rings is 1. The number of nitrogens with two attached hydrogens (primary N) is 2. The zero-order valence-electron chi connectivity index (χ0n) is 18.3. The second kappa shape index (κ2) is 9.91. The summed E-state index contributed by atoms with van der Waals surface area (Å²) in [4.78, 5) is 9.09. The highest BCUT2D eigenvalue weighted by Gasteiger charge is 2.36. The quantitative estimate of drug-likeness (QED) is 0.554. The molecule has 3 heterocycles. The van der Waals surface area contributed by atoms with Crippen molar-refractivity contribution >= 4 is 40.5 Å². The molecule has 0 radical (unpaired) electrons. The van der Waals surface area contributed by atoms with E-state index < -0.39 is 0 Å². The number of rotatable bonds is 7. The van der Waals surface area contributed by atoms with Gasteiger partial charge in [-0.2, -0.15) is 0 Å². The monoisotopic (exact) mass is 479 g/mol. The highest BCUT2D eigenvalue weighted by Crippen LogP contribution is 2.39. The second-order valence-electron chi connectivity index (χ2n) is 8.80. The first kappa shape index (κ1) is 23.2. The van der Waals surface area contributed by atoms with E-state index >= 15 is 0 Å². The number of likely N-dealkylation sites (tertiary alicyclic amines) is 1. The molecule has 1 aromatic carbocycles. The van der Waals surface area contributed by atoms with E-state index in [2.05, 4.69) is 14.8 Å². The normalized spacial score (nSPS) is 20.8. The number of nitrogens with zero attached hydrogens (tertiary/aromatic N) is 3. The van der Waals surface area contributed by atoms with Crippen LogP contribution in [0.1, 0.15) is 31.4 Å². The molecule has 32 heavy (non-hydrogen) atoms. The fourth-order valence-electron chi connectivity index (χ4n) is 4.70. The number of anilines is 3. The number of aliphatic hydroxyl groups excluding tert-OH is 1. The van der Waals surface area contributed by atoms with Gasteiger partial charge in [0.2, 0.25) is 0 Å². The highest BCUT2D eigenvalue weighted by atomic mass is 35.5. The molecule has 9 heteroatoms. The molecule has 0 bridgehead atoms. The molecule has 2 aliphatic heterocycles. The molecule has 2 fully saturated rings. The lowest BCUT2D eigenvalue weighted by atomic mass is 9.80. The van der Waals surface area contributed by atoms with Gasteiger partial charge in [-0.05, 0) is 50.3 Å². The average Bonchev–Trinajstić information content (AvgIpc) is 2.71. The summed E-state index contributed by atoms with van der Waals surface area (Å²) < 4.78 is 6.15. The van der Waals surface area contributed by atoms with E-state index in [-0.39, 0.29) is 18.5 Å². The van der Waals surface area contributed by atoms with E-state index in [9.17, 15) is 5.11 Å². The molecule has 5 N–H and O–H groups in total. The number of hydrogen-bond acceptors (Lipinski definition) is 7. The maximum absolute atomic E-state index is 9.24. The maximum atomic E-state index is 9.24. The van der Waals surface area contributed by atoms with Crippen molar-refractivity contribution in [2.24, 2.45) is 11.8 Å². The van der Waals surface area contributed by atoms with Gasteiger partial charge in [-0.1, -0.05) is 29.3 Å². The van der Waals surface area contributed by atoms with E-state index in [1.54, 1.807) is 12.1 Å². The molecule has 0 saturated carbocycles. The molecular formula is C23H31Cl2N5O2. The van der Waals surface area contributed by atoms with Gasteiger partial charge in [0, 0.05) is 47.9 Å². The molecule has 2 aromatic rings. The zero-order chi connectivity index (χ0) is 22.8. The number of piperidine rings is 1. The largest absolute Gasteiger partial charge is 0.484 e. The minimum Gasteiger partial charge on any atom is -0.484 e. The molecule has 2 saturated heterocycles. The molecule has 4 rings (SSSR count). The number of aromatic nitrogens is 1. The van der Waals surface area contributed by atoms with Crippen molar-refractivity contribution in [2.45, 2.75) is 25.9 Å². The Morgan fingerprint density at radius 1 is 1.19 bits per heavy atom. The molecule has 2 aliphatic rings. The van der Waals surface area contributed by atoms with Gasteiger partial charge in [0.15, 0.2) is 11.6 Å². The Hall–Kier alpha value is -1.93. The fraction of sp³-hybridized carbons (Fsp3) is 0.522. The van der Waals surface area contributed by atoms with Crippen molar-refractivity contribution in [2.75, 3.05) is 55.7 Å². The molecule has 0 unspecified atom stereocenters. The SMILES string of the molecule is C[C@@H](Oc1cc(N2CC([C@H]3CCCN(CCO)C3)C2)nc(N)c1N)c1ccc(Cl)cc1Cl. The van der Waals surface area contributed by atoms with Crippen LogP contribution in [-0.2, 0) is 0 Å². The fourth-order valence-corrected chi connectivity index (χ4v) is 5.26. The third kappa shape index (κ3) is 5.01. The van der Waals surface area contributed by atoms with E-state index in [1.165, 1.54) is 12.8 Å². The van der Waals surface area contributed by atoms with Crippen LogP contribution < -0.4 is 21.1 Å². The van der Waals surface area contributed by atoms with Gasteiger partial charge < -0.3 is 31.1 Å². The smallest absolute Gasteiger partial charge is 0.152 e. The predicted molar refractivity (Wildman–Crippen MR) is 131 cm³/mol. The van der Waals surface area contributed by atoms with Crippen molar-refractivity contribution < 1.29 is 9.84 Å². The van der Waals surface area contributed by atoms with Crippen molar-refractivity contribution in [1.29, 1.82) is 0 Å². The topological polar surface area (TPSA) is 101 Å². The van der Waals surface area contributed by atoms with Gasteiger partial charge in [-0.25, -0.2) is 4.98 Å². The van der Waals surface area contributed by atoms with Crippen LogP contribution in [0.3, 0.4) is 0 Å². The molecule has 174 valence electrons. The van der Waals surface area contributed by atoms with Crippen LogP contribution in [0.2, 0.25) is 10.0 Å². The van der Waals surface area contributed by atoms with Gasteiger partial charge in [0.25, 0.3) is 0 Å². The first-order chi connectivity index (χ1) is 15.4. The minimum atomic E-state index is -0.333. The van der Waals surface area contributed by atoms with Crippen LogP contribution in [-0.4, -0.2) is 54.3 Å². The summed E-state index contributed by atoms with van der Waals surface area (Å²) >= 11 is 12.3. The number of hydrogen-bond donors (Lipinski definition) is 3. The third-order valence-electron chi connectivity index (χ3n) is 6.60. The van der Waals surface area contributed by atoms with E-state index in [0.29, 0.717) is 33.3 Å². The average molecular weight is 480 g/mol. The number of β-amino-alcohol motifs (C(OH)–C–C–N with tert-alkyl or cyclic N) is 1. The molecule has 0 aliphatic carbocycles. The van der Waals surface area contributed by atoms with Crippen LogP contribution in [0.15, 0.2) is 24.3 Å². The Bertz CT molecular complexity index is 952. The molecule has 2 atom stereocenters. The standard InChI is InChI=1S/C23H31Cl2N5O2/c1-14(18-5-4-17(24)9-19(18)25)32-20-10-21(28-23(27)22(20)26)30-12-16(13-30)15-3-2-6-29(11-15)7-8-31/h4-5,9-10,14-16,31H,2-3,6-8,11-13,26H2,1H3,(H2,27,28)/t14-,15+/m1/s1. The molecule has 7 nitrogen and oxygen atoms in total. The summed E-state index contributed by atoms with van der Waals surface area (Å²) in [5.74, 6) is 2.82. The summed E-state index contributed by atoms with van der Waals surface area (Å²) in [6, 6.07) is 7.19. The Morgan fingerprint density at radius 2 is 1.97 bits per heavy atom. The lowest BCUT2D eigenvalue weighted by Crippen LogP contribution is -2.54. The van der Waals surface area contributed by atoms with Crippen molar-refractivity contribution in [3.8, 4) is 5.75 Å². The van der Waals surface area contributed by atoms with Gasteiger partial charge in [0.1, 0.15) is 17.6 Å². The lowest BCUT2D eigenvalue weighted by Gasteiger charge is -2.47. The highest BCUT2D eigenvalue weighted by molar-refractivity contribution is 6.35. The van der Waals surface area contributed by atoms with E-state index in [4.69, 9.17) is 39.4 Å². The van der Waals surface area contributed by atoms with Gasteiger partial charge >= 0.3 is 0 Å². The van der Waals surface area contributed by atoms with Gasteiger partial charge in [-0.3, -0.25) is 0 Å². The van der Waals surface area contributed by atoms with Gasteiger partial charge in [0.05, 0.1) is 6.61 Å². The number of ether oxygens (including phenoxy) is 1. The van der Waals surface area contributed by atoms with Crippen molar-refractivity contribution in [3.63, 3.8) is 0 Å². The third-order valence-corrected chi connectivity index (χ3v) is 7.16. The molecule has 0 spiro atoms. The Labute approximate surface area is 199 Å². The number of nitrogen functional groups attached to an aromatic ring is 2. The van der Waals surface area contributed by atoms with Crippen LogP contribution in [0.5, 0.6) is 5.75 Å². The maximum Gasteiger partial charge on any atom is 0.152 e. The molecule has 0 amide bonds. The van der Waals surface area contributed by atoms with Crippen molar-refractivity contribution in [3.05, 3.63) is 39.9 Å². The predicted octanol–water partition coefficient (Wildman–Crippen LogP) is 3.83. The number of aliphatic hydroxyl groups is 1. The zero-order valence-corrected chi connectivity index (χ0v) is 19.8. The van der Waals surface area contributed by atoms with Crippen molar-refractivity contribution in [1.82, 2.24) is 9.88 Å². The Morgan fingerprint density at radius 3 is 2.69 bits per heavy atom. The second-order valence-corrected chi connectivity index (χ2v) is 9.64. The summed E-state index contributed by atoms with van der Waals surface area (Å²) in [6.45, 7) is 6.91. The molecule has 1 aromatic heterocycles. The number of pyridine rings is 1. The summed E-state index contributed by atoms with van der Waals surface area (Å²) in [5.41, 5.74) is 13.4. The first-order valence-corrected chi connectivity index (χ1v) is 11.9. The number of halogens is 2. The summed E-state index contributed by atoms with van der Waals surface area (Å²) in [5, 5.41) is 10.4. The Balaban J connectivity index is 1.43. The van der Waals surface area contributed by atoms with Crippen LogP contribution in [0.4, 0.5) is 17.3 Å². The summed E-state index contributed by atoms with van der Waals surface area (Å²) in [7, 11) is 0. The van der Waals surface area contributed by atoms with Gasteiger partial charge in [-0.15, -0.1) is 0 Å². The van der Waals surface area contributed by atoms with E-state index in [0.717, 1.165) is 44.1 Å². The van der Waals surface area contributed by atoms with Crippen LogP contribution in [0, 0.1) is 11.8 Å². The van der Waals surface area contributed by atoms with Crippen LogP contribution in [0.25, 0.3) is 0 Å². The Kier molecular flexibility index (Phi) is 7.20. The van der Waals surface area contributed by atoms with Crippen LogP contribution >= 0.6 is 23.2 Å². The van der Waals surface area contributed by atoms with E-state index in [1.807, 2.05) is 19.1 Å².